The summed E-state index contributed by atoms with van der Waals surface area (Å²) >= 11 is 0. The fourth-order valence-corrected chi connectivity index (χ4v) is 3.20. The minimum Gasteiger partial charge on any atom is -0.347 e. The molecule has 0 unspecified atom stereocenters. The Bertz CT molecular complexity index is 1120. The lowest BCUT2D eigenvalue weighted by molar-refractivity contribution is -0.137. The van der Waals surface area contributed by atoms with Crippen LogP contribution < -0.4 is 5.32 Å². The van der Waals surface area contributed by atoms with Gasteiger partial charge in [-0.3, -0.25) is 9.36 Å². The number of alkyl halides is 3. The molecule has 3 aromatic rings. The lowest BCUT2D eigenvalue weighted by Crippen LogP contribution is -2.40. The summed E-state index contributed by atoms with van der Waals surface area (Å²) in [6.07, 6.45) is -1.02. The molecule has 1 amide bonds. The highest BCUT2D eigenvalue weighted by atomic mass is 19.4. The quantitative estimate of drug-likeness (QED) is 0.557. The van der Waals surface area contributed by atoms with Crippen molar-refractivity contribution in [3.8, 4) is 17.1 Å². The number of carbonyl (C=O) groups excluding carboxylic acids is 1. The molecule has 2 heterocycles. The van der Waals surface area contributed by atoms with Crippen LogP contribution in [0.2, 0.25) is 0 Å². The number of aromatic nitrogens is 3. The van der Waals surface area contributed by atoms with Crippen LogP contribution in [0.4, 0.5) is 13.2 Å². The van der Waals surface area contributed by atoms with Crippen LogP contribution in [0.25, 0.3) is 17.1 Å². The average Bonchev–Trinajstić information content (AvgIpc) is 3.16. The number of pyridine rings is 1. The Morgan fingerprint density at radius 2 is 1.59 bits per heavy atom. The zero-order valence-corrected chi connectivity index (χ0v) is 19.0. The average molecular weight is 445 g/mol. The van der Waals surface area contributed by atoms with Crippen molar-refractivity contribution in [3.63, 3.8) is 0 Å². The van der Waals surface area contributed by atoms with Gasteiger partial charge in [0.05, 0.1) is 11.3 Å². The van der Waals surface area contributed by atoms with E-state index in [2.05, 4.69) is 15.3 Å². The number of hydrogen-bond donors (Lipinski definition) is 1. The Morgan fingerprint density at radius 3 is 2.12 bits per heavy atom. The second-order valence-electron chi connectivity index (χ2n) is 9.75. The van der Waals surface area contributed by atoms with Crippen LogP contribution in [0.5, 0.6) is 0 Å². The van der Waals surface area contributed by atoms with Crippen LogP contribution in [0.1, 0.15) is 63.3 Å². The molecule has 1 N–H and O–H groups in total. The van der Waals surface area contributed by atoms with Crippen molar-refractivity contribution in [2.24, 2.45) is 0 Å². The molecule has 8 heteroatoms. The summed E-state index contributed by atoms with van der Waals surface area (Å²) in [7, 11) is 0. The number of amides is 1. The monoisotopic (exact) mass is 444 g/mol. The number of nitrogens with zero attached hydrogens (tertiary/aromatic N) is 3. The van der Waals surface area contributed by atoms with Crippen LogP contribution in [0, 0.1) is 0 Å². The van der Waals surface area contributed by atoms with Gasteiger partial charge in [-0.15, -0.1) is 0 Å². The highest BCUT2D eigenvalue weighted by Gasteiger charge is 2.30. The van der Waals surface area contributed by atoms with Crippen molar-refractivity contribution in [3.05, 3.63) is 65.7 Å². The molecule has 5 nitrogen and oxygen atoms in total. The summed E-state index contributed by atoms with van der Waals surface area (Å²) in [6.45, 7) is 11.7. The Kier molecular flexibility index (Phi) is 5.93. The number of imidazole rings is 1. The number of hydrogen-bond acceptors (Lipinski definition) is 3. The molecule has 0 spiro atoms. The maximum absolute atomic E-state index is 13.0. The van der Waals surface area contributed by atoms with Crippen molar-refractivity contribution in [2.75, 3.05) is 0 Å². The number of nitrogens with one attached hydrogen (secondary N) is 1. The van der Waals surface area contributed by atoms with E-state index in [0.29, 0.717) is 22.6 Å². The maximum Gasteiger partial charge on any atom is 0.416 e. The fraction of sp³-hybridized carbons (Fsp3) is 0.375. The summed E-state index contributed by atoms with van der Waals surface area (Å²) in [5.41, 5.74) is -0.267. The molecule has 170 valence electrons. The van der Waals surface area contributed by atoms with E-state index in [9.17, 15) is 18.0 Å². The first-order valence-electron chi connectivity index (χ1n) is 10.2. The van der Waals surface area contributed by atoms with E-state index in [4.69, 9.17) is 0 Å². The molecular formula is C24H27F3N4O. The van der Waals surface area contributed by atoms with Crippen LogP contribution in [-0.4, -0.2) is 26.0 Å². The van der Waals surface area contributed by atoms with Gasteiger partial charge < -0.3 is 5.32 Å². The molecule has 2 aromatic heterocycles. The Balaban J connectivity index is 2.16. The number of halogens is 3. The van der Waals surface area contributed by atoms with Crippen LogP contribution in [-0.2, 0) is 11.6 Å². The second kappa shape index (κ2) is 8.07. The van der Waals surface area contributed by atoms with Gasteiger partial charge >= 0.3 is 6.18 Å². The van der Waals surface area contributed by atoms with Crippen LogP contribution in [0.3, 0.4) is 0 Å². The molecule has 32 heavy (non-hydrogen) atoms. The molecule has 3 rings (SSSR count). The summed E-state index contributed by atoms with van der Waals surface area (Å²) < 4.78 is 40.7. The molecule has 0 saturated heterocycles. The molecule has 0 aliphatic rings. The fourth-order valence-electron chi connectivity index (χ4n) is 3.20. The zero-order chi connectivity index (χ0) is 23.9. The molecule has 0 aliphatic carbocycles. The highest BCUT2D eigenvalue weighted by Crippen LogP contribution is 2.31. The van der Waals surface area contributed by atoms with Crippen LogP contribution in [0.15, 0.2) is 48.8 Å². The molecule has 0 fully saturated rings. The normalized spacial score (nSPS) is 12.7. The first kappa shape index (κ1) is 23.5. The van der Waals surface area contributed by atoms with Crippen molar-refractivity contribution in [1.29, 1.82) is 0 Å². The molecule has 0 saturated carbocycles. The zero-order valence-electron chi connectivity index (χ0n) is 19.0. The third-order valence-corrected chi connectivity index (χ3v) is 4.63. The third-order valence-electron chi connectivity index (χ3n) is 4.63. The van der Waals surface area contributed by atoms with Gasteiger partial charge in [-0.25, -0.2) is 9.97 Å². The third kappa shape index (κ3) is 5.36. The van der Waals surface area contributed by atoms with E-state index in [-0.39, 0.29) is 11.3 Å². The first-order chi connectivity index (χ1) is 14.6. The van der Waals surface area contributed by atoms with Crippen molar-refractivity contribution >= 4 is 5.91 Å². The van der Waals surface area contributed by atoms with E-state index in [1.54, 1.807) is 29.1 Å². The van der Waals surface area contributed by atoms with E-state index in [1.807, 2.05) is 41.5 Å². The predicted molar refractivity (Wildman–Crippen MR) is 118 cm³/mol. The highest BCUT2D eigenvalue weighted by molar-refractivity contribution is 5.96. The molecule has 0 aliphatic heterocycles. The van der Waals surface area contributed by atoms with E-state index < -0.39 is 17.3 Å². The van der Waals surface area contributed by atoms with Crippen molar-refractivity contribution in [1.82, 2.24) is 19.9 Å². The van der Waals surface area contributed by atoms with E-state index >= 15 is 0 Å². The molecule has 0 radical (unpaired) electrons. The maximum atomic E-state index is 13.0. The Hall–Kier alpha value is -3.16. The summed E-state index contributed by atoms with van der Waals surface area (Å²) in [4.78, 5) is 22.0. The molecule has 1 aromatic carbocycles. The van der Waals surface area contributed by atoms with Gasteiger partial charge in [0.15, 0.2) is 0 Å². The Morgan fingerprint density at radius 1 is 0.969 bits per heavy atom. The van der Waals surface area contributed by atoms with Gasteiger partial charge in [0, 0.05) is 34.5 Å². The van der Waals surface area contributed by atoms with E-state index in [1.165, 1.54) is 12.1 Å². The van der Waals surface area contributed by atoms with Crippen molar-refractivity contribution in [2.45, 2.75) is 58.7 Å². The standard InChI is InChI=1S/C24H27F3N4O/c1-22(2,3)21-28-11-12-31(21)19-14-16(20(32)30-23(4,5)6)13-18(29-19)15-7-9-17(10-8-15)24(25,26)27/h7-14H,1-6H3,(H,30,32). The first-order valence-corrected chi connectivity index (χ1v) is 10.2. The minimum absolute atomic E-state index is 0.288. The predicted octanol–water partition coefficient (Wildman–Crippen LogP) is 5.78. The second-order valence-corrected chi connectivity index (χ2v) is 9.75. The van der Waals surface area contributed by atoms with Gasteiger partial charge in [0.1, 0.15) is 11.6 Å². The van der Waals surface area contributed by atoms with Crippen molar-refractivity contribution < 1.29 is 18.0 Å². The van der Waals surface area contributed by atoms with Crippen LogP contribution >= 0.6 is 0 Å². The molecule has 0 bridgehead atoms. The van der Waals surface area contributed by atoms with Gasteiger partial charge in [0.25, 0.3) is 5.91 Å². The topological polar surface area (TPSA) is 59.8 Å². The Labute approximate surface area is 185 Å². The lowest BCUT2D eigenvalue weighted by Gasteiger charge is -2.22. The van der Waals surface area contributed by atoms with Gasteiger partial charge in [0.2, 0.25) is 0 Å². The van der Waals surface area contributed by atoms with Gasteiger partial charge in [-0.05, 0) is 45.0 Å². The minimum atomic E-state index is -4.43. The van der Waals surface area contributed by atoms with E-state index in [0.717, 1.165) is 18.0 Å². The molecular weight excluding hydrogens is 417 g/mol. The SMILES string of the molecule is CC(C)(C)NC(=O)c1cc(-c2ccc(C(F)(F)F)cc2)nc(-n2ccnc2C(C)(C)C)c1. The largest absolute Gasteiger partial charge is 0.416 e. The lowest BCUT2D eigenvalue weighted by atomic mass is 9.95. The smallest absolute Gasteiger partial charge is 0.347 e. The summed E-state index contributed by atoms with van der Waals surface area (Å²) in [6, 6.07) is 7.98. The summed E-state index contributed by atoms with van der Waals surface area (Å²) in [5.74, 6) is 0.910. The van der Waals surface area contributed by atoms with Gasteiger partial charge in [-0.2, -0.15) is 13.2 Å². The molecule has 0 atom stereocenters. The number of rotatable bonds is 3. The summed E-state index contributed by atoms with van der Waals surface area (Å²) in [5, 5.41) is 2.92. The number of carbonyl (C=O) groups is 1. The van der Waals surface area contributed by atoms with Gasteiger partial charge in [-0.1, -0.05) is 32.9 Å². The number of benzene rings is 1.